The Labute approximate surface area is 118 Å². The molecule has 0 atom stereocenters. The van der Waals surface area contributed by atoms with Gasteiger partial charge in [0.1, 0.15) is 5.75 Å². The first kappa shape index (κ1) is 13.7. The topological polar surface area (TPSA) is 34.1 Å². The van der Waals surface area contributed by atoms with Crippen molar-refractivity contribution in [2.45, 2.75) is 26.5 Å². The molecule has 0 aliphatic heterocycles. The van der Waals surface area contributed by atoms with Crippen molar-refractivity contribution in [1.29, 1.82) is 0 Å². The van der Waals surface area contributed by atoms with Crippen LogP contribution < -0.4 is 10.1 Å². The number of rotatable bonds is 5. The van der Waals surface area contributed by atoms with Crippen molar-refractivity contribution in [2.75, 3.05) is 5.32 Å². The molecular formula is C15H17ClN2O. The van der Waals surface area contributed by atoms with Gasteiger partial charge < -0.3 is 10.1 Å². The number of nitrogens with one attached hydrogen (secondary N) is 1. The van der Waals surface area contributed by atoms with Crippen LogP contribution in [0.5, 0.6) is 5.75 Å². The number of ether oxygens (including phenoxy) is 1. The van der Waals surface area contributed by atoms with Crippen molar-refractivity contribution < 1.29 is 4.74 Å². The van der Waals surface area contributed by atoms with Crippen molar-refractivity contribution in [2.24, 2.45) is 0 Å². The van der Waals surface area contributed by atoms with Crippen LogP contribution in [0.4, 0.5) is 5.69 Å². The third kappa shape index (κ3) is 4.14. The second kappa shape index (κ2) is 6.43. The summed E-state index contributed by atoms with van der Waals surface area (Å²) in [5, 5.41) is 3.74. The van der Waals surface area contributed by atoms with Crippen molar-refractivity contribution >= 4 is 17.3 Å². The number of nitrogens with zero attached hydrogens (tertiary/aromatic N) is 1. The molecular weight excluding hydrogens is 260 g/mol. The molecule has 0 spiro atoms. The molecule has 0 bridgehead atoms. The predicted octanol–water partition coefficient (Wildman–Crippen LogP) is 4.13. The second-order valence-electron chi connectivity index (χ2n) is 4.51. The van der Waals surface area contributed by atoms with Crippen molar-refractivity contribution in [1.82, 2.24) is 4.98 Å². The van der Waals surface area contributed by atoms with Crippen LogP contribution in [0.15, 0.2) is 42.6 Å². The fourth-order valence-corrected chi connectivity index (χ4v) is 1.90. The molecule has 2 aromatic rings. The minimum Gasteiger partial charge on any atom is -0.491 e. The Morgan fingerprint density at radius 3 is 2.84 bits per heavy atom. The maximum absolute atomic E-state index is 5.99. The number of pyridine rings is 1. The zero-order valence-electron chi connectivity index (χ0n) is 11.1. The number of benzene rings is 1. The Morgan fingerprint density at radius 2 is 2.11 bits per heavy atom. The van der Waals surface area contributed by atoms with Crippen molar-refractivity contribution in [3.05, 3.63) is 53.3 Å². The van der Waals surface area contributed by atoms with E-state index in [1.165, 1.54) is 0 Å². The third-order valence-corrected chi connectivity index (χ3v) is 2.81. The van der Waals surface area contributed by atoms with Crippen molar-refractivity contribution in [3.63, 3.8) is 0 Å². The zero-order chi connectivity index (χ0) is 13.7. The Bertz CT molecular complexity index is 543. The van der Waals surface area contributed by atoms with Gasteiger partial charge in [0, 0.05) is 12.7 Å². The summed E-state index contributed by atoms with van der Waals surface area (Å²) in [5.41, 5.74) is 1.97. The third-order valence-electron chi connectivity index (χ3n) is 2.51. The summed E-state index contributed by atoms with van der Waals surface area (Å²) in [6, 6.07) is 11.8. The van der Waals surface area contributed by atoms with E-state index in [-0.39, 0.29) is 6.10 Å². The smallest absolute Gasteiger partial charge is 0.152 e. The Hall–Kier alpha value is -1.74. The van der Waals surface area contributed by atoms with E-state index in [4.69, 9.17) is 16.3 Å². The Morgan fingerprint density at radius 1 is 1.26 bits per heavy atom. The molecule has 0 aliphatic rings. The molecule has 2 rings (SSSR count). The van der Waals surface area contributed by atoms with Crippen molar-refractivity contribution in [3.8, 4) is 5.75 Å². The molecule has 0 unspecified atom stereocenters. The molecule has 1 aromatic heterocycles. The van der Waals surface area contributed by atoms with Gasteiger partial charge >= 0.3 is 0 Å². The highest BCUT2D eigenvalue weighted by molar-refractivity contribution is 6.31. The molecule has 0 fully saturated rings. The molecule has 0 saturated carbocycles. The Balaban J connectivity index is 2.02. The SMILES string of the molecule is CC(C)Oc1cccc(CNc2cccnc2Cl)c1. The molecule has 0 radical (unpaired) electrons. The monoisotopic (exact) mass is 276 g/mol. The van der Waals surface area contributed by atoms with Gasteiger partial charge in [0.15, 0.2) is 5.15 Å². The van der Waals surface area contributed by atoms with Crippen LogP contribution in [-0.4, -0.2) is 11.1 Å². The van der Waals surface area contributed by atoms with E-state index in [1.54, 1.807) is 6.20 Å². The van der Waals surface area contributed by atoms with Gasteiger partial charge in [-0.15, -0.1) is 0 Å². The van der Waals surface area contributed by atoms with Gasteiger partial charge in [-0.1, -0.05) is 23.7 Å². The number of anilines is 1. The fourth-order valence-electron chi connectivity index (χ4n) is 1.72. The number of hydrogen-bond acceptors (Lipinski definition) is 3. The van der Waals surface area contributed by atoms with E-state index in [2.05, 4.69) is 10.3 Å². The van der Waals surface area contributed by atoms with E-state index in [1.807, 2.05) is 50.2 Å². The lowest BCUT2D eigenvalue weighted by molar-refractivity contribution is 0.242. The number of aromatic nitrogens is 1. The van der Waals surface area contributed by atoms with Gasteiger partial charge in [-0.05, 0) is 43.7 Å². The van der Waals surface area contributed by atoms with Gasteiger partial charge in [-0.2, -0.15) is 0 Å². The van der Waals surface area contributed by atoms with Gasteiger partial charge in [-0.3, -0.25) is 0 Å². The maximum atomic E-state index is 5.99. The summed E-state index contributed by atoms with van der Waals surface area (Å²) < 4.78 is 5.66. The molecule has 0 saturated heterocycles. The fraction of sp³-hybridized carbons (Fsp3) is 0.267. The highest BCUT2D eigenvalue weighted by Crippen LogP contribution is 2.20. The molecule has 100 valence electrons. The van der Waals surface area contributed by atoms with E-state index in [0.717, 1.165) is 17.0 Å². The number of hydrogen-bond donors (Lipinski definition) is 1. The molecule has 1 heterocycles. The average molecular weight is 277 g/mol. The average Bonchev–Trinajstić information content (AvgIpc) is 2.37. The standard InChI is InChI=1S/C15H17ClN2O/c1-11(2)19-13-6-3-5-12(9-13)10-18-14-7-4-8-17-15(14)16/h3-9,11,18H,10H2,1-2H3. The van der Waals surface area contributed by atoms with E-state index < -0.39 is 0 Å². The molecule has 1 aromatic carbocycles. The lowest BCUT2D eigenvalue weighted by Crippen LogP contribution is -2.06. The lowest BCUT2D eigenvalue weighted by atomic mass is 10.2. The molecule has 1 N–H and O–H groups in total. The van der Waals surface area contributed by atoms with Gasteiger partial charge in [0.25, 0.3) is 0 Å². The largest absolute Gasteiger partial charge is 0.491 e. The molecule has 4 heteroatoms. The summed E-state index contributed by atoms with van der Waals surface area (Å²) in [5.74, 6) is 0.881. The summed E-state index contributed by atoms with van der Waals surface area (Å²) in [7, 11) is 0. The predicted molar refractivity (Wildman–Crippen MR) is 78.8 cm³/mol. The van der Waals surface area contributed by atoms with Crippen LogP contribution in [0.1, 0.15) is 19.4 Å². The van der Waals surface area contributed by atoms with E-state index >= 15 is 0 Å². The lowest BCUT2D eigenvalue weighted by Gasteiger charge is -2.12. The van der Waals surface area contributed by atoms with E-state index in [9.17, 15) is 0 Å². The minimum atomic E-state index is 0.177. The summed E-state index contributed by atoms with van der Waals surface area (Å²) >= 11 is 5.99. The molecule has 3 nitrogen and oxygen atoms in total. The summed E-state index contributed by atoms with van der Waals surface area (Å²) in [6.45, 7) is 4.71. The first-order chi connectivity index (χ1) is 9.15. The summed E-state index contributed by atoms with van der Waals surface area (Å²) in [4.78, 5) is 4.03. The second-order valence-corrected chi connectivity index (χ2v) is 4.87. The van der Waals surface area contributed by atoms with E-state index in [0.29, 0.717) is 11.7 Å². The normalized spacial score (nSPS) is 10.5. The maximum Gasteiger partial charge on any atom is 0.152 e. The van der Waals surface area contributed by atoms with Gasteiger partial charge in [-0.25, -0.2) is 4.98 Å². The molecule has 19 heavy (non-hydrogen) atoms. The highest BCUT2D eigenvalue weighted by Gasteiger charge is 2.02. The molecule has 0 aliphatic carbocycles. The van der Waals surface area contributed by atoms with Crippen LogP contribution in [0.25, 0.3) is 0 Å². The van der Waals surface area contributed by atoms with Crippen LogP contribution in [-0.2, 0) is 6.54 Å². The van der Waals surface area contributed by atoms with Crippen LogP contribution in [0.3, 0.4) is 0 Å². The van der Waals surface area contributed by atoms with Crippen LogP contribution in [0.2, 0.25) is 5.15 Å². The zero-order valence-corrected chi connectivity index (χ0v) is 11.8. The first-order valence-corrected chi connectivity index (χ1v) is 6.63. The quantitative estimate of drug-likeness (QED) is 0.834. The minimum absolute atomic E-state index is 0.177. The summed E-state index contributed by atoms with van der Waals surface area (Å²) in [6.07, 6.45) is 1.85. The van der Waals surface area contributed by atoms with Gasteiger partial charge in [0.05, 0.1) is 11.8 Å². The van der Waals surface area contributed by atoms with Crippen LogP contribution in [0, 0.1) is 0 Å². The molecule has 0 amide bonds. The van der Waals surface area contributed by atoms with Gasteiger partial charge in [0.2, 0.25) is 0 Å². The highest BCUT2D eigenvalue weighted by atomic mass is 35.5. The van der Waals surface area contributed by atoms with Crippen LogP contribution >= 0.6 is 11.6 Å². The first-order valence-electron chi connectivity index (χ1n) is 6.25. The number of halogens is 1. The Kier molecular flexibility index (Phi) is 4.63.